The van der Waals surface area contributed by atoms with Gasteiger partial charge in [0, 0.05) is 10.7 Å². The van der Waals surface area contributed by atoms with Gasteiger partial charge in [-0.3, -0.25) is 4.55 Å². The molecule has 2 bridgehead atoms. The van der Waals surface area contributed by atoms with Gasteiger partial charge in [0.05, 0.1) is 5.56 Å². The Bertz CT molecular complexity index is 973. The second-order valence-corrected chi connectivity index (χ2v) is 13.0. The Hall–Kier alpha value is 0.190. The second kappa shape index (κ2) is 10.2. The van der Waals surface area contributed by atoms with Crippen molar-refractivity contribution in [2.75, 3.05) is 6.61 Å². The summed E-state index contributed by atoms with van der Waals surface area (Å²) in [5.74, 6) is -1.86. The molecule has 3 atom stereocenters. The molecule has 0 spiro atoms. The van der Waals surface area contributed by atoms with Gasteiger partial charge < -0.3 is 9.47 Å². The fraction of sp³-hybridized carbons (Fsp3) is 0.579. The van der Waals surface area contributed by atoms with Gasteiger partial charge in [0.1, 0.15) is 12.2 Å². The molecule has 2 aliphatic rings. The van der Waals surface area contributed by atoms with E-state index in [1.54, 1.807) is 6.07 Å². The molecule has 3 unspecified atom stereocenters. The fourth-order valence-electron chi connectivity index (χ4n) is 4.50. The van der Waals surface area contributed by atoms with Crippen LogP contribution in [0, 0.1) is 22.5 Å². The third-order valence-corrected chi connectivity index (χ3v) is 10.0. The molecule has 12 heteroatoms. The second-order valence-electron chi connectivity index (χ2n) is 8.07. The van der Waals surface area contributed by atoms with Crippen LogP contribution in [-0.4, -0.2) is 42.6 Å². The molecular formula is C19H20FI3O7S. The largest absolute Gasteiger partial charge is 0.458 e. The van der Waals surface area contributed by atoms with Crippen molar-refractivity contribution in [3.05, 3.63) is 28.4 Å². The average molecular weight is 792 g/mol. The maximum Gasteiger partial charge on any atom is 0.360 e. The Kier molecular flexibility index (Phi) is 8.50. The number of rotatable bonds is 6. The Balaban J connectivity index is 1.82. The van der Waals surface area contributed by atoms with Crippen molar-refractivity contribution in [1.82, 2.24) is 0 Å². The highest BCUT2D eigenvalue weighted by atomic mass is 127. The molecule has 2 saturated carbocycles. The number of esters is 2. The van der Waals surface area contributed by atoms with Crippen molar-refractivity contribution in [2.24, 2.45) is 11.8 Å². The molecule has 0 aromatic heterocycles. The lowest BCUT2D eigenvalue weighted by Gasteiger charge is -2.46. The summed E-state index contributed by atoms with van der Waals surface area (Å²) in [5.41, 5.74) is -4.15. The van der Waals surface area contributed by atoms with E-state index in [9.17, 15) is 22.4 Å². The predicted octanol–water partition coefficient (Wildman–Crippen LogP) is 4.72. The summed E-state index contributed by atoms with van der Waals surface area (Å²) < 4.78 is 58.2. The SMILES string of the molecule is O=C(OCC1(OC(=O)C(F)S(=O)(=O)O)CC2CCCC(C2)C1)c1cc(I)cc(I)c1I. The predicted molar refractivity (Wildman–Crippen MR) is 135 cm³/mol. The zero-order chi connectivity index (χ0) is 23.0. The van der Waals surface area contributed by atoms with Gasteiger partial charge in [-0.2, -0.15) is 8.42 Å². The first-order valence-corrected chi connectivity index (χ1v) is 14.3. The molecule has 0 heterocycles. The number of hydrogen-bond donors (Lipinski definition) is 1. The maximum atomic E-state index is 13.9. The third kappa shape index (κ3) is 6.41. The van der Waals surface area contributed by atoms with E-state index in [2.05, 4.69) is 67.8 Å². The van der Waals surface area contributed by atoms with Crippen LogP contribution in [0.5, 0.6) is 0 Å². The molecular weight excluding hydrogens is 772 g/mol. The lowest BCUT2D eigenvalue weighted by Crippen LogP contribution is -2.50. The van der Waals surface area contributed by atoms with Crippen LogP contribution in [-0.2, 0) is 24.4 Å². The number of fused-ring (bicyclic) bond motifs is 2. The van der Waals surface area contributed by atoms with E-state index >= 15 is 0 Å². The first kappa shape index (κ1) is 25.8. The summed E-state index contributed by atoms with van der Waals surface area (Å²) in [6.45, 7) is -0.305. The molecule has 2 fully saturated rings. The van der Waals surface area contributed by atoms with Crippen LogP contribution in [0.15, 0.2) is 12.1 Å². The fourth-order valence-corrected chi connectivity index (χ4v) is 7.17. The summed E-state index contributed by atoms with van der Waals surface area (Å²) in [7, 11) is -5.24. The number of halogens is 4. The molecule has 0 saturated heterocycles. The Morgan fingerprint density at radius 2 is 1.81 bits per heavy atom. The van der Waals surface area contributed by atoms with Gasteiger partial charge in [-0.05, 0) is 111 Å². The molecule has 0 aliphatic heterocycles. The summed E-state index contributed by atoms with van der Waals surface area (Å²) >= 11 is 6.27. The third-order valence-electron chi connectivity index (χ3n) is 5.66. The van der Waals surface area contributed by atoms with Crippen LogP contribution in [0.2, 0.25) is 0 Å². The first-order chi connectivity index (χ1) is 14.4. The van der Waals surface area contributed by atoms with Gasteiger partial charge in [-0.25, -0.2) is 14.0 Å². The summed E-state index contributed by atoms with van der Waals surface area (Å²) in [5, 5.41) is 0. The van der Waals surface area contributed by atoms with Gasteiger partial charge in [0.25, 0.3) is 0 Å². The molecule has 7 nitrogen and oxygen atoms in total. The topological polar surface area (TPSA) is 107 Å². The molecule has 172 valence electrons. The lowest BCUT2D eigenvalue weighted by molar-refractivity contribution is -0.179. The summed E-state index contributed by atoms with van der Waals surface area (Å²) in [6, 6.07) is 3.61. The van der Waals surface area contributed by atoms with Gasteiger partial charge in [-0.1, -0.05) is 19.3 Å². The average Bonchev–Trinajstić information content (AvgIpc) is 2.67. The molecule has 0 radical (unpaired) electrons. The van der Waals surface area contributed by atoms with E-state index in [1.165, 1.54) is 0 Å². The first-order valence-electron chi connectivity index (χ1n) is 9.55. The van der Waals surface area contributed by atoms with Crippen molar-refractivity contribution >= 4 is 89.8 Å². The molecule has 1 N–H and O–H groups in total. The minimum atomic E-state index is -5.24. The maximum absolute atomic E-state index is 13.9. The molecule has 2 aliphatic carbocycles. The lowest BCUT2D eigenvalue weighted by atomic mass is 9.66. The molecule has 0 amide bonds. The monoisotopic (exact) mass is 792 g/mol. The zero-order valence-corrected chi connectivity index (χ0v) is 23.4. The highest BCUT2D eigenvalue weighted by Gasteiger charge is 2.48. The van der Waals surface area contributed by atoms with Crippen molar-refractivity contribution in [3.63, 3.8) is 0 Å². The van der Waals surface area contributed by atoms with E-state index in [0.717, 1.165) is 36.4 Å². The number of carbonyl (C=O) groups is 2. The van der Waals surface area contributed by atoms with E-state index in [-0.39, 0.29) is 18.4 Å². The van der Waals surface area contributed by atoms with Crippen LogP contribution >= 0.6 is 67.8 Å². The Morgan fingerprint density at radius 1 is 1.19 bits per heavy atom. The normalized spacial score (nSPS) is 26.7. The van der Waals surface area contributed by atoms with Crippen LogP contribution in [0.4, 0.5) is 4.39 Å². The highest BCUT2D eigenvalue weighted by molar-refractivity contribution is 14.1. The number of carbonyl (C=O) groups excluding carboxylic acids is 2. The van der Waals surface area contributed by atoms with Crippen molar-refractivity contribution < 1.29 is 36.4 Å². The van der Waals surface area contributed by atoms with E-state index in [1.807, 2.05) is 6.07 Å². The Labute approximate surface area is 220 Å². The van der Waals surface area contributed by atoms with Crippen molar-refractivity contribution in [1.29, 1.82) is 0 Å². The quantitative estimate of drug-likeness (QED) is 0.193. The summed E-state index contributed by atoms with van der Waals surface area (Å²) in [4.78, 5) is 25.0. The van der Waals surface area contributed by atoms with E-state index in [4.69, 9.17) is 14.0 Å². The van der Waals surface area contributed by atoms with Crippen molar-refractivity contribution in [3.8, 4) is 0 Å². The van der Waals surface area contributed by atoms with Crippen LogP contribution < -0.4 is 0 Å². The van der Waals surface area contributed by atoms with E-state index < -0.39 is 33.2 Å². The van der Waals surface area contributed by atoms with Crippen LogP contribution in [0.25, 0.3) is 0 Å². The van der Waals surface area contributed by atoms with Gasteiger partial charge in [0.15, 0.2) is 0 Å². The Morgan fingerprint density at radius 3 is 2.39 bits per heavy atom. The summed E-state index contributed by atoms with van der Waals surface area (Å²) in [6.07, 6.45) is 4.50. The molecule has 31 heavy (non-hydrogen) atoms. The smallest absolute Gasteiger partial charge is 0.360 e. The van der Waals surface area contributed by atoms with Gasteiger partial charge >= 0.3 is 27.6 Å². The van der Waals surface area contributed by atoms with Crippen LogP contribution in [0.1, 0.15) is 48.9 Å². The van der Waals surface area contributed by atoms with Gasteiger partial charge in [-0.15, -0.1) is 0 Å². The molecule has 3 rings (SSSR count). The van der Waals surface area contributed by atoms with Crippen LogP contribution in [0.3, 0.4) is 0 Å². The number of alkyl halides is 1. The highest BCUT2D eigenvalue weighted by Crippen LogP contribution is 2.46. The van der Waals surface area contributed by atoms with E-state index in [0.29, 0.717) is 18.4 Å². The number of ether oxygens (including phenoxy) is 2. The number of hydrogen-bond acceptors (Lipinski definition) is 6. The minimum Gasteiger partial charge on any atom is -0.458 e. The van der Waals surface area contributed by atoms with Gasteiger partial charge in [0.2, 0.25) is 0 Å². The van der Waals surface area contributed by atoms with Crippen molar-refractivity contribution in [2.45, 2.75) is 49.6 Å². The minimum absolute atomic E-state index is 0.210. The molecule has 1 aromatic rings. The number of benzene rings is 1. The standard InChI is InChI=1S/C19H20FI3O7S/c20-16(31(26,27)28)18(25)30-19(7-10-2-1-3-11(4-10)8-19)9-29-17(24)13-5-12(21)6-14(22)15(13)23/h5-6,10-11,16H,1-4,7-9H2,(H,26,27,28). The molecule has 1 aromatic carbocycles. The zero-order valence-electron chi connectivity index (χ0n) is 16.2.